The van der Waals surface area contributed by atoms with Crippen LogP contribution in [0.3, 0.4) is 0 Å². The number of ether oxygens (including phenoxy) is 14. The van der Waals surface area contributed by atoms with Gasteiger partial charge in [0.1, 0.15) is 165 Å². The van der Waals surface area contributed by atoms with Gasteiger partial charge in [-0.3, -0.25) is 24.0 Å². The van der Waals surface area contributed by atoms with E-state index in [0.29, 0.717) is 12.8 Å². The highest BCUT2D eigenvalue weighted by Crippen LogP contribution is 2.43. The average molecular weight is 2040 g/mol. The third kappa shape index (κ3) is 37.3. The third-order valence-corrected chi connectivity index (χ3v) is 26.8. The zero-order chi connectivity index (χ0) is 104. The number of carbonyl (C=O) groups excluding carboxylic acids is 5. The first-order valence-electron chi connectivity index (χ1n) is 50.7. The van der Waals surface area contributed by atoms with E-state index in [1.807, 2.05) is 0 Å². The van der Waals surface area contributed by atoms with E-state index < -0.39 is 327 Å². The van der Waals surface area contributed by atoms with Crippen LogP contribution in [0.5, 0.6) is 0 Å². The summed E-state index contributed by atoms with van der Waals surface area (Å²) in [4.78, 5) is 79.9. The van der Waals surface area contributed by atoms with Crippen molar-refractivity contribution >= 4 is 35.5 Å². The monoisotopic (exact) mass is 2030 g/mol. The molecule has 0 bridgehead atoms. The number of aliphatic carboxylic acids is 1. The molecule has 7 aliphatic rings. The SMILES string of the molecule is CCCCCCCC/C=C\CCCCCCCCCCCCCC(=O)N[C@@H](CO[C@@H]1OC(CO)[C@@H](O[C@@H]2OC(CO)[C@H](O[C@@H]3OC(CO)[C@H](O)[C@H](O)C3NC(C)=O)[C@H](O[C@@H]3OC(CO)[C@@H](O)[C@H](O[C@@H]4OC(CO)[C@H](O[C@@H]5OC(CO)[C@H](O)[C@H](O)C5NC(C)=O)[C@H](O[C@]5(C(=O)O)CC(O)[C@@H](NC(C)=O)C([C@H](O)[C@H](O)CO)O5)C4O)C3NC(C)=O)C2O)[C@H](O)C1O)[C@H](O)/C=C/CCCCCCCCCCCCC. The number of unbranched alkanes of at least 4 members (excludes halogenated alkanes) is 28. The number of allylic oxidation sites excluding steroid dienone is 3. The Kier molecular flexibility index (Phi) is 56.1. The number of amides is 5. The molecule has 0 saturated carbocycles. The molecule has 7 aliphatic heterocycles. The van der Waals surface area contributed by atoms with Crippen LogP contribution in [0.25, 0.3) is 0 Å². The van der Waals surface area contributed by atoms with Gasteiger partial charge in [0.2, 0.25) is 29.5 Å². The van der Waals surface area contributed by atoms with E-state index >= 15 is 0 Å². The van der Waals surface area contributed by atoms with Gasteiger partial charge in [-0.1, -0.05) is 192 Å². The zero-order valence-corrected chi connectivity index (χ0v) is 82.2. The second-order valence-electron chi connectivity index (χ2n) is 38.1. The van der Waals surface area contributed by atoms with Crippen molar-refractivity contribution < 1.29 is 202 Å². The standard InChI is InChI=1S/C95H167N5O41/c1-7-9-11-13-15-17-19-21-22-23-24-25-26-27-28-30-32-34-36-38-40-42-66(115)100-56(57(112)41-39-37-35-33-31-29-20-18-16-14-12-10-8-2)51-128-91-78(123)77(122)81(63(48-105)132-91)135-92-79(124)86(82(64(49-106)133-92)136-88-68(97-53(4)109)75(120)72(117)60(45-102)129-88)139-90-70(99-55(6)111)84(74(119)62(47-104)131-90)138-93-80(125)87(83(65(50-107)134-93)137-89-69(98-54(5)110)76(121)73(118)61(46-103)130-89)141-95(94(126)127)43-58(113)67(96-52(3)108)85(140-95)71(116)59(114)44-101/h21-22,39,41,56-65,67-93,101-107,112-114,116-125H,7-20,23-38,40,42-51H2,1-6H3,(H,96,108)(H,97,109)(H,98,110)(H,99,111)(H,100,115)(H,126,127)/b22-21-,41-39+/t56-,57+,58?,59+,60?,61?,62?,63?,64?,65?,67+,68?,69?,70?,71+,72-,73-,74+,75+,76+,77+,78?,79?,80?,81+,82-,83-,84+,85?,86+,87+,88-,89-,90-,91+,92-,93-,95-/m0/s1. The number of carboxylic acids is 1. The molecule has 0 radical (unpaired) electrons. The van der Waals surface area contributed by atoms with Crippen LogP contribution >= 0.6 is 0 Å². The van der Waals surface area contributed by atoms with Crippen molar-refractivity contribution in [1.82, 2.24) is 26.6 Å². The predicted octanol–water partition coefficient (Wildman–Crippen LogP) is -2.99. The second-order valence-corrected chi connectivity index (χ2v) is 38.1. The van der Waals surface area contributed by atoms with Gasteiger partial charge < -0.3 is 200 Å². The summed E-state index contributed by atoms with van der Waals surface area (Å²) in [6, 6.07) is -8.92. The van der Waals surface area contributed by atoms with Crippen LogP contribution in [-0.4, -0.2) is 428 Å². The number of carboxylic acid groups (broad SMARTS) is 1. The Morgan fingerprint density at radius 2 is 0.723 bits per heavy atom. The highest BCUT2D eigenvalue weighted by atomic mass is 16.8. The first-order valence-corrected chi connectivity index (χ1v) is 50.7. The molecule has 7 fully saturated rings. The molecule has 14 unspecified atom stereocenters. The molecule has 7 heterocycles. The molecule has 26 N–H and O–H groups in total. The number of carbonyl (C=O) groups is 6. The Labute approximate surface area is 824 Å². The Hall–Kier alpha value is -5.06. The number of rotatable bonds is 65. The van der Waals surface area contributed by atoms with Crippen molar-refractivity contribution in [3.05, 3.63) is 24.3 Å². The van der Waals surface area contributed by atoms with Crippen molar-refractivity contribution in [3.8, 4) is 0 Å². The number of aliphatic hydroxyl groups is 20. The maximum atomic E-state index is 14.0. The van der Waals surface area contributed by atoms with Gasteiger partial charge in [0.25, 0.3) is 5.79 Å². The summed E-state index contributed by atoms with van der Waals surface area (Å²) in [6.07, 6.45) is -28.1. The van der Waals surface area contributed by atoms with Gasteiger partial charge in [-0.2, -0.15) is 0 Å². The molecule has 0 aromatic carbocycles. The Morgan fingerprint density at radius 3 is 1.16 bits per heavy atom. The number of nitrogens with one attached hydrogen (secondary N) is 5. The summed E-state index contributed by atoms with van der Waals surface area (Å²) >= 11 is 0. The van der Waals surface area contributed by atoms with E-state index in [1.54, 1.807) is 6.08 Å². The summed E-state index contributed by atoms with van der Waals surface area (Å²) in [6.45, 7) is -0.675. The molecule has 0 spiro atoms. The average Bonchev–Trinajstić information content (AvgIpc) is 0.745. The van der Waals surface area contributed by atoms with Gasteiger partial charge in [0.05, 0.1) is 77.1 Å². The molecular formula is C95H167N5O41. The normalized spacial score (nSPS) is 35.7. The van der Waals surface area contributed by atoms with Gasteiger partial charge in [-0.05, 0) is 44.9 Å². The molecule has 141 heavy (non-hydrogen) atoms. The van der Waals surface area contributed by atoms with E-state index in [1.165, 1.54) is 109 Å². The molecule has 0 aromatic rings. The van der Waals surface area contributed by atoms with Crippen molar-refractivity contribution in [2.45, 2.75) is 486 Å². The van der Waals surface area contributed by atoms with Gasteiger partial charge in [-0.25, -0.2) is 4.79 Å². The smallest absolute Gasteiger partial charge is 0.364 e. The first kappa shape index (κ1) is 123. The van der Waals surface area contributed by atoms with Crippen molar-refractivity contribution in [2.24, 2.45) is 0 Å². The fourth-order valence-corrected chi connectivity index (χ4v) is 18.9. The van der Waals surface area contributed by atoms with E-state index in [4.69, 9.17) is 66.3 Å². The molecule has 0 aromatic heterocycles. The van der Waals surface area contributed by atoms with Crippen LogP contribution in [0.4, 0.5) is 0 Å². The molecule has 7 rings (SSSR count). The summed E-state index contributed by atoms with van der Waals surface area (Å²) < 4.78 is 86.4. The topological polar surface area (TPSA) is 717 Å². The van der Waals surface area contributed by atoms with Crippen LogP contribution in [0.2, 0.25) is 0 Å². The van der Waals surface area contributed by atoms with E-state index in [2.05, 4.69) is 52.6 Å². The molecule has 38 atom stereocenters. The quantitative estimate of drug-likeness (QED) is 0.0213. The van der Waals surface area contributed by atoms with Crippen LogP contribution in [0.1, 0.15) is 253 Å². The third-order valence-electron chi connectivity index (χ3n) is 26.8. The zero-order valence-electron chi connectivity index (χ0n) is 82.2. The van der Waals surface area contributed by atoms with Gasteiger partial charge in [0, 0.05) is 40.5 Å². The number of aliphatic hydroxyl groups excluding tert-OH is 20. The minimum absolute atomic E-state index is 0.0993. The molecule has 0 aliphatic carbocycles. The minimum atomic E-state index is -3.49. The van der Waals surface area contributed by atoms with Gasteiger partial charge >= 0.3 is 5.97 Å². The second kappa shape index (κ2) is 64.4. The van der Waals surface area contributed by atoms with Crippen molar-refractivity contribution in [2.75, 3.05) is 52.9 Å². The molecule has 46 nitrogen and oxygen atoms in total. The number of hydrogen-bond donors (Lipinski definition) is 26. The lowest BCUT2D eigenvalue weighted by Gasteiger charge is -2.53. The highest BCUT2D eigenvalue weighted by Gasteiger charge is 2.64. The Morgan fingerprint density at radius 1 is 0.369 bits per heavy atom. The van der Waals surface area contributed by atoms with Crippen LogP contribution in [-0.2, 0) is 95.1 Å². The van der Waals surface area contributed by atoms with E-state index in [0.717, 1.165) is 111 Å². The van der Waals surface area contributed by atoms with E-state index in [-0.39, 0.29) is 6.42 Å². The maximum Gasteiger partial charge on any atom is 0.364 e. The molecule has 46 heteroatoms. The Balaban J connectivity index is 1.16. The number of hydrogen-bond acceptors (Lipinski definition) is 40. The fourth-order valence-electron chi connectivity index (χ4n) is 18.9. The lowest BCUT2D eigenvalue weighted by molar-refractivity contribution is -0.404. The van der Waals surface area contributed by atoms with E-state index in [9.17, 15) is 136 Å². The van der Waals surface area contributed by atoms with Crippen molar-refractivity contribution in [1.29, 1.82) is 0 Å². The van der Waals surface area contributed by atoms with Gasteiger partial charge in [-0.15, -0.1) is 0 Å². The largest absolute Gasteiger partial charge is 0.477 e. The summed E-state index contributed by atoms with van der Waals surface area (Å²) in [5, 5.41) is 253. The van der Waals surface area contributed by atoms with Crippen LogP contribution in [0, 0.1) is 0 Å². The van der Waals surface area contributed by atoms with Crippen LogP contribution < -0.4 is 26.6 Å². The van der Waals surface area contributed by atoms with Gasteiger partial charge in [0.15, 0.2) is 37.7 Å². The maximum absolute atomic E-state index is 14.0. The van der Waals surface area contributed by atoms with Crippen LogP contribution in [0.15, 0.2) is 24.3 Å². The Bertz CT molecular complexity index is 3600. The molecule has 7 saturated heterocycles. The lowest BCUT2D eigenvalue weighted by atomic mass is 9.88. The minimum Gasteiger partial charge on any atom is -0.477 e. The van der Waals surface area contributed by atoms with Crippen molar-refractivity contribution in [3.63, 3.8) is 0 Å². The first-order chi connectivity index (χ1) is 67.5. The highest BCUT2D eigenvalue weighted by molar-refractivity contribution is 5.77. The summed E-state index contributed by atoms with van der Waals surface area (Å²) in [5.74, 6) is -9.92. The summed E-state index contributed by atoms with van der Waals surface area (Å²) in [5.41, 5.74) is 0. The lowest BCUT2D eigenvalue weighted by Crippen LogP contribution is -2.73. The predicted molar refractivity (Wildman–Crippen MR) is 494 cm³/mol. The molecular weight excluding hydrogens is 1870 g/mol. The fraction of sp³-hybridized carbons (Fsp3) is 0.895. The molecule has 5 amide bonds. The molecule has 818 valence electrons. The summed E-state index contributed by atoms with van der Waals surface area (Å²) in [7, 11) is 0.